The van der Waals surface area contributed by atoms with Crippen molar-refractivity contribution >= 4 is 51.4 Å². The van der Waals surface area contributed by atoms with Gasteiger partial charge in [0.15, 0.2) is 5.82 Å². The van der Waals surface area contributed by atoms with Crippen molar-refractivity contribution in [2.45, 2.75) is 58.1 Å². The number of aliphatic hydroxyl groups excluding tert-OH is 1. The molecule has 2 aliphatic carbocycles. The predicted octanol–water partition coefficient (Wildman–Crippen LogP) is 5.36. The van der Waals surface area contributed by atoms with Crippen LogP contribution in [0.2, 0.25) is 5.02 Å². The molecule has 2 N–H and O–H groups in total. The normalized spacial score (nSPS) is 17.3. The van der Waals surface area contributed by atoms with E-state index in [9.17, 15) is 19.5 Å². The van der Waals surface area contributed by atoms with Crippen LogP contribution >= 0.6 is 22.9 Å². The number of amides is 1. The summed E-state index contributed by atoms with van der Waals surface area (Å²) in [5, 5.41) is 12.7. The number of aliphatic hydroxyl groups is 1. The van der Waals surface area contributed by atoms with Crippen LogP contribution in [0, 0.1) is 5.82 Å². The van der Waals surface area contributed by atoms with E-state index in [0.29, 0.717) is 11.3 Å². The molecule has 184 valence electrons. The van der Waals surface area contributed by atoms with Crippen molar-refractivity contribution in [2.24, 2.45) is 0 Å². The Morgan fingerprint density at radius 3 is 2.71 bits per heavy atom. The molecule has 0 aliphatic heterocycles. The molecule has 2 heterocycles. The highest BCUT2D eigenvalue weighted by atomic mass is 35.5. The van der Waals surface area contributed by atoms with Crippen LogP contribution in [0.15, 0.2) is 17.1 Å². The summed E-state index contributed by atoms with van der Waals surface area (Å²) < 4.78 is 23.0. The van der Waals surface area contributed by atoms with Gasteiger partial charge in [0.05, 0.1) is 39.9 Å². The molecule has 1 unspecified atom stereocenters. The second kappa shape index (κ2) is 9.04. The molecular weight excluding hydrogens is 495 g/mol. The zero-order valence-electron chi connectivity index (χ0n) is 19.2. The van der Waals surface area contributed by atoms with Gasteiger partial charge in [-0.2, -0.15) is 0 Å². The van der Waals surface area contributed by atoms with Crippen LogP contribution in [0.3, 0.4) is 0 Å². The van der Waals surface area contributed by atoms with Crippen molar-refractivity contribution < 1.29 is 23.8 Å². The number of fused-ring (bicyclic) bond motifs is 2. The Morgan fingerprint density at radius 2 is 2.09 bits per heavy atom. The number of carbonyl (C=O) groups excluding carboxylic acids is 2. The minimum absolute atomic E-state index is 0.0133. The van der Waals surface area contributed by atoms with E-state index in [1.165, 1.54) is 24.5 Å². The van der Waals surface area contributed by atoms with E-state index in [1.807, 2.05) is 0 Å². The highest BCUT2D eigenvalue weighted by Gasteiger charge is 2.33. The predicted molar refractivity (Wildman–Crippen MR) is 133 cm³/mol. The highest BCUT2D eigenvalue weighted by molar-refractivity contribution is 7.15. The van der Waals surface area contributed by atoms with Crippen molar-refractivity contribution in [2.75, 3.05) is 11.9 Å². The van der Waals surface area contributed by atoms with Gasteiger partial charge in [0, 0.05) is 28.9 Å². The monoisotopic (exact) mass is 518 g/mol. The number of benzene rings is 1. The van der Waals surface area contributed by atoms with Crippen molar-refractivity contribution in [1.82, 2.24) is 4.57 Å². The zero-order chi connectivity index (χ0) is 25.0. The molecule has 5 rings (SSSR count). The maximum absolute atomic E-state index is 16.4. The standard InChI is InChI=1S/C25H24ClFN2O5S/c1-3-34-25(33)14-10-29(12-7-8-12)23-19(24(14)32)22(28-11(2)30)20(26)18(21(23)27)17-9-13-15(31)5-4-6-16(13)35-17/h9-10,12,15,31H,3-8H2,1-2H3,(H,28,30). The maximum Gasteiger partial charge on any atom is 0.343 e. The molecule has 1 atom stereocenters. The van der Waals surface area contributed by atoms with E-state index in [0.717, 1.165) is 36.1 Å². The second-order valence-electron chi connectivity index (χ2n) is 8.91. The number of rotatable bonds is 5. The molecule has 1 saturated carbocycles. The molecular formula is C25H24ClFN2O5S. The molecule has 10 heteroatoms. The van der Waals surface area contributed by atoms with Crippen LogP contribution in [0.25, 0.3) is 21.3 Å². The van der Waals surface area contributed by atoms with Gasteiger partial charge in [-0.3, -0.25) is 9.59 Å². The number of nitrogens with zero attached hydrogens (tertiary/aromatic N) is 1. The summed E-state index contributed by atoms with van der Waals surface area (Å²) in [6.45, 7) is 2.96. The number of anilines is 1. The SMILES string of the molecule is CCOC(=O)c1cn(C2CC2)c2c(F)c(-c3cc4c(s3)CCCC4O)c(Cl)c(NC(C)=O)c2c1=O. The lowest BCUT2D eigenvalue weighted by Crippen LogP contribution is -2.23. The summed E-state index contributed by atoms with van der Waals surface area (Å²) in [5.74, 6) is -2.01. The van der Waals surface area contributed by atoms with Crippen LogP contribution < -0.4 is 10.7 Å². The number of thiophene rings is 1. The average Bonchev–Trinajstić information content (AvgIpc) is 3.55. The van der Waals surface area contributed by atoms with Crippen molar-refractivity contribution in [3.8, 4) is 10.4 Å². The number of esters is 1. The number of nitrogens with one attached hydrogen (secondary N) is 1. The van der Waals surface area contributed by atoms with Gasteiger partial charge in [-0.15, -0.1) is 11.3 Å². The van der Waals surface area contributed by atoms with E-state index >= 15 is 4.39 Å². The molecule has 35 heavy (non-hydrogen) atoms. The van der Waals surface area contributed by atoms with Crippen molar-refractivity contribution in [3.05, 3.63) is 49.3 Å². The number of halogens is 2. The highest BCUT2D eigenvalue weighted by Crippen LogP contribution is 2.48. The third kappa shape index (κ3) is 4.05. The molecule has 0 spiro atoms. The van der Waals surface area contributed by atoms with Gasteiger partial charge in [-0.05, 0) is 50.7 Å². The van der Waals surface area contributed by atoms with Crippen LogP contribution in [-0.2, 0) is 16.0 Å². The van der Waals surface area contributed by atoms with Gasteiger partial charge in [-0.1, -0.05) is 11.6 Å². The van der Waals surface area contributed by atoms with E-state index < -0.39 is 29.2 Å². The Bertz CT molecular complexity index is 1440. The second-order valence-corrected chi connectivity index (χ2v) is 10.4. The largest absolute Gasteiger partial charge is 0.462 e. The fourth-order valence-electron chi connectivity index (χ4n) is 4.70. The summed E-state index contributed by atoms with van der Waals surface area (Å²) in [7, 11) is 0. The van der Waals surface area contributed by atoms with Gasteiger partial charge in [0.25, 0.3) is 0 Å². The molecule has 1 fully saturated rings. The third-order valence-corrected chi connectivity index (χ3v) is 8.02. The van der Waals surface area contributed by atoms with Gasteiger partial charge >= 0.3 is 5.97 Å². The quantitative estimate of drug-likeness (QED) is 0.443. The Kier molecular flexibility index (Phi) is 6.19. The van der Waals surface area contributed by atoms with Gasteiger partial charge in [0.2, 0.25) is 11.3 Å². The summed E-state index contributed by atoms with van der Waals surface area (Å²) >= 11 is 8.06. The number of aryl methyl sites for hydroxylation is 1. The van der Waals surface area contributed by atoms with E-state index in [1.54, 1.807) is 17.6 Å². The van der Waals surface area contributed by atoms with Crippen molar-refractivity contribution in [1.29, 1.82) is 0 Å². The first-order valence-electron chi connectivity index (χ1n) is 11.6. The summed E-state index contributed by atoms with van der Waals surface area (Å²) in [4.78, 5) is 39.6. The summed E-state index contributed by atoms with van der Waals surface area (Å²) in [5.41, 5.74) is -0.232. The number of pyridine rings is 1. The molecule has 1 aromatic carbocycles. The Labute approximate surface area is 209 Å². The molecule has 1 amide bonds. The minimum atomic E-state index is -0.817. The molecule has 2 aliphatic rings. The minimum Gasteiger partial charge on any atom is -0.462 e. The summed E-state index contributed by atoms with van der Waals surface area (Å²) in [6.07, 6.45) is 4.47. The lowest BCUT2D eigenvalue weighted by molar-refractivity contribution is -0.114. The van der Waals surface area contributed by atoms with Gasteiger partial charge < -0.3 is 19.7 Å². The molecule has 3 aromatic rings. The Hall–Kier alpha value is -2.75. The van der Waals surface area contributed by atoms with Gasteiger partial charge in [-0.25, -0.2) is 9.18 Å². The van der Waals surface area contributed by atoms with E-state index in [-0.39, 0.29) is 45.4 Å². The fraction of sp³-hybridized carbons (Fsp3) is 0.400. The molecule has 0 saturated heterocycles. The first-order chi connectivity index (χ1) is 16.7. The maximum atomic E-state index is 16.4. The topological polar surface area (TPSA) is 97.6 Å². The molecule has 2 aromatic heterocycles. The lowest BCUT2D eigenvalue weighted by Gasteiger charge is -2.19. The van der Waals surface area contributed by atoms with Crippen LogP contribution in [0.1, 0.15) is 72.5 Å². The number of hydrogen-bond acceptors (Lipinski definition) is 6. The number of carbonyl (C=O) groups is 2. The van der Waals surface area contributed by atoms with E-state index in [4.69, 9.17) is 16.3 Å². The first-order valence-corrected chi connectivity index (χ1v) is 12.8. The Morgan fingerprint density at radius 1 is 1.34 bits per heavy atom. The summed E-state index contributed by atoms with van der Waals surface area (Å²) in [6, 6.07) is 1.64. The number of aromatic nitrogens is 1. The molecule has 7 nitrogen and oxygen atoms in total. The number of hydrogen-bond donors (Lipinski definition) is 2. The van der Waals surface area contributed by atoms with E-state index in [2.05, 4.69) is 5.32 Å². The lowest BCUT2D eigenvalue weighted by atomic mass is 9.95. The molecule has 0 bridgehead atoms. The van der Waals surface area contributed by atoms with Crippen molar-refractivity contribution in [3.63, 3.8) is 0 Å². The smallest absolute Gasteiger partial charge is 0.343 e. The number of ether oxygens (including phenoxy) is 1. The first kappa shape index (κ1) is 24.0. The van der Waals surface area contributed by atoms with Crippen LogP contribution in [-0.4, -0.2) is 28.2 Å². The molecule has 0 radical (unpaired) electrons. The fourth-order valence-corrected chi connectivity index (χ4v) is 6.38. The third-order valence-electron chi connectivity index (χ3n) is 6.42. The zero-order valence-corrected chi connectivity index (χ0v) is 20.8. The van der Waals surface area contributed by atoms with Crippen LogP contribution in [0.4, 0.5) is 10.1 Å². The average molecular weight is 519 g/mol. The van der Waals surface area contributed by atoms with Crippen LogP contribution in [0.5, 0.6) is 0 Å². The Balaban J connectivity index is 1.87. The van der Waals surface area contributed by atoms with Gasteiger partial charge in [0.1, 0.15) is 5.56 Å².